The highest BCUT2D eigenvalue weighted by Crippen LogP contribution is 2.29. The molecule has 94 valence electrons. The quantitative estimate of drug-likeness (QED) is 0.893. The summed E-state index contributed by atoms with van der Waals surface area (Å²) in [6, 6.07) is 11.4. The molecular weight excluding hydrogens is 226 g/mol. The van der Waals surface area contributed by atoms with Crippen LogP contribution >= 0.6 is 0 Å². The Morgan fingerprint density at radius 1 is 1.22 bits per heavy atom. The predicted octanol–water partition coefficient (Wildman–Crippen LogP) is 3.49. The van der Waals surface area contributed by atoms with E-state index in [-0.39, 0.29) is 6.61 Å². The van der Waals surface area contributed by atoms with Crippen LogP contribution in [-0.4, -0.2) is 10.1 Å². The van der Waals surface area contributed by atoms with Crippen molar-refractivity contribution >= 4 is 0 Å². The molecule has 3 nitrogen and oxygen atoms in total. The normalized spacial score (nSPS) is 10.7. The van der Waals surface area contributed by atoms with Gasteiger partial charge in [-0.05, 0) is 29.2 Å². The number of aliphatic hydroxyl groups is 1. The molecule has 0 saturated carbocycles. The monoisotopic (exact) mass is 243 g/mol. The third kappa shape index (κ3) is 2.87. The largest absolute Gasteiger partial charge is 0.439 e. The standard InChI is InChI=1S/C15H17NO2/c1-11(2)13-5-3-4-6-14(13)18-15-9-12(10-17)7-8-16-15/h3-9,11,17H,10H2,1-2H3. The van der Waals surface area contributed by atoms with Crippen LogP contribution in [0.4, 0.5) is 0 Å². The van der Waals surface area contributed by atoms with Gasteiger partial charge in [0.1, 0.15) is 5.75 Å². The van der Waals surface area contributed by atoms with Gasteiger partial charge in [-0.15, -0.1) is 0 Å². The average molecular weight is 243 g/mol. The van der Waals surface area contributed by atoms with Gasteiger partial charge in [-0.1, -0.05) is 32.0 Å². The number of para-hydroxylation sites is 1. The fraction of sp³-hybridized carbons (Fsp3) is 0.267. The lowest BCUT2D eigenvalue weighted by Gasteiger charge is -2.13. The fourth-order valence-corrected chi connectivity index (χ4v) is 1.77. The Hall–Kier alpha value is -1.87. The highest BCUT2D eigenvalue weighted by molar-refractivity contribution is 5.38. The summed E-state index contributed by atoms with van der Waals surface area (Å²) in [7, 11) is 0. The molecule has 3 heteroatoms. The maximum absolute atomic E-state index is 9.09. The van der Waals surface area contributed by atoms with Gasteiger partial charge in [0.15, 0.2) is 0 Å². The molecule has 0 aliphatic rings. The van der Waals surface area contributed by atoms with Crippen LogP contribution in [0.25, 0.3) is 0 Å². The summed E-state index contributed by atoms with van der Waals surface area (Å²) in [6.45, 7) is 4.24. The zero-order chi connectivity index (χ0) is 13.0. The molecule has 0 radical (unpaired) electrons. The van der Waals surface area contributed by atoms with Crippen molar-refractivity contribution in [2.75, 3.05) is 0 Å². The predicted molar refractivity (Wildman–Crippen MR) is 70.8 cm³/mol. The second kappa shape index (κ2) is 5.65. The first kappa shape index (κ1) is 12.6. The van der Waals surface area contributed by atoms with E-state index in [0.29, 0.717) is 11.8 Å². The van der Waals surface area contributed by atoms with Crippen LogP contribution in [0.15, 0.2) is 42.6 Å². The number of rotatable bonds is 4. The Balaban J connectivity index is 2.28. The second-order valence-corrected chi connectivity index (χ2v) is 4.46. The lowest BCUT2D eigenvalue weighted by molar-refractivity contribution is 0.281. The van der Waals surface area contributed by atoms with E-state index in [2.05, 4.69) is 24.9 Å². The van der Waals surface area contributed by atoms with Crippen molar-refractivity contribution in [2.24, 2.45) is 0 Å². The molecule has 1 heterocycles. The van der Waals surface area contributed by atoms with E-state index >= 15 is 0 Å². The van der Waals surface area contributed by atoms with Gasteiger partial charge in [0, 0.05) is 12.3 Å². The molecule has 0 amide bonds. The summed E-state index contributed by atoms with van der Waals surface area (Å²) >= 11 is 0. The number of hydrogen-bond acceptors (Lipinski definition) is 3. The van der Waals surface area contributed by atoms with Crippen LogP contribution in [-0.2, 0) is 6.61 Å². The molecule has 1 N–H and O–H groups in total. The van der Waals surface area contributed by atoms with Gasteiger partial charge < -0.3 is 9.84 Å². The summed E-state index contributed by atoms with van der Waals surface area (Å²) in [5, 5.41) is 9.09. The van der Waals surface area contributed by atoms with Gasteiger partial charge in [0.25, 0.3) is 0 Å². The van der Waals surface area contributed by atoms with Crippen molar-refractivity contribution in [2.45, 2.75) is 26.4 Å². The number of benzene rings is 1. The van der Waals surface area contributed by atoms with E-state index in [4.69, 9.17) is 9.84 Å². The lowest BCUT2D eigenvalue weighted by Crippen LogP contribution is -1.95. The van der Waals surface area contributed by atoms with Gasteiger partial charge >= 0.3 is 0 Å². The Morgan fingerprint density at radius 3 is 2.72 bits per heavy atom. The first-order chi connectivity index (χ1) is 8.70. The number of hydrogen-bond donors (Lipinski definition) is 1. The van der Waals surface area contributed by atoms with Crippen LogP contribution in [0.3, 0.4) is 0 Å². The molecule has 2 aromatic rings. The van der Waals surface area contributed by atoms with Gasteiger partial charge in [-0.2, -0.15) is 0 Å². The van der Waals surface area contributed by atoms with Crippen molar-refractivity contribution in [3.63, 3.8) is 0 Å². The highest BCUT2D eigenvalue weighted by atomic mass is 16.5. The van der Waals surface area contributed by atoms with Gasteiger partial charge in [-0.25, -0.2) is 4.98 Å². The van der Waals surface area contributed by atoms with Gasteiger partial charge in [-0.3, -0.25) is 0 Å². The van der Waals surface area contributed by atoms with Crippen LogP contribution in [0.1, 0.15) is 30.9 Å². The number of aliphatic hydroxyl groups excluding tert-OH is 1. The molecule has 0 unspecified atom stereocenters. The molecule has 0 fully saturated rings. The van der Waals surface area contributed by atoms with E-state index in [9.17, 15) is 0 Å². The van der Waals surface area contributed by atoms with Crippen molar-refractivity contribution in [3.05, 3.63) is 53.7 Å². The van der Waals surface area contributed by atoms with Gasteiger partial charge in [0.05, 0.1) is 6.61 Å². The van der Waals surface area contributed by atoms with Crippen LogP contribution < -0.4 is 4.74 Å². The minimum absolute atomic E-state index is 0.00922. The molecule has 0 atom stereocenters. The molecule has 1 aromatic heterocycles. The molecule has 0 saturated heterocycles. The molecule has 1 aromatic carbocycles. The summed E-state index contributed by atoms with van der Waals surface area (Å²) in [6.07, 6.45) is 1.64. The van der Waals surface area contributed by atoms with E-state index in [1.807, 2.05) is 18.2 Å². The highest BCUT2D eigenvalue weighted by Gasteiger charge is 2.08. The van der Waals surface area contributed by atoms with Crippen molar-refractivity contribution < 1.29 is 9.84 Å². The van der Waals surface area contributed by atoms with Crippen molar-refractivity contribution in [3.8, 4) is 11.6 Å². The number of aromatic nitrogens is 1. The smallest absolute Gasteiger partial charge is 0.219 e. The molecule has 0 bridgehead atoms. The third-order valence-corrected chi connectivity index (χ3v) is 2.74. The minimum atomic E-state index is -0.00922. The zero-order valence-electron chi connectivity index (χ0n) is 10.6. The van der Waals surface area contributed by atoms with Crippen LogP contribution in [0.5, 0.6) is 11.6 Å². The first-order valence-corrected chi connectivity index (χ1v) is 6.03. The van der Waals surface area contributed by atoms with Crippen molar-refractivity contribution in [1.29, 1.82) is 0 Å². The minimum Gasteiger partial charge on any atom is -0.439 e. The average Bonchev–Trinajstić information content (AvgIpc) is 2.39. The molecule has 0 spiro atoms. The number of nitrogens with zero attached hydrogens (tertiary/aromatic N) is 1. The summed E-state index contributed by atoms with van der Waals surface area (Å²) < 4.78 is 5.79. The van der Waals surface area contributed by atoms with Crippen LogP contribution in [0.2, 0.25) is 0 Å². The van der Waals surface area contributed by atoms with E-state index < -0.39 is 0 Å². The first-order valence-electron chi connectivity index (χ1n) is 6.03. The Labute approximate surface area is 107 Å². The lowest BCUT2D eigenvalue weighted by atomic mass is 10.0. The summed E-state index contributed by atoms with van der Waals surface area (Å²) in [5.41, 5.74) is 1.94. The zero-order valence-corrected chi connectivity index (χ0v) is 10.6. The second-order valence-electron chi connectivity index (χ2n) is 4.46. The third-order valence-electron chi connectivity index (χ3n) is 2.74. The number of ether oxygens (including phenoxy) is 1. The van der Waals surface area contributed by atoms with Crippen LogP contribution in [0, 0.1) is 0 Å². The maximum atomic E-state index is 9.09. The molecule has 18 heavy (non-hydrogen) atoms. The topological polar surface area (TPSA) is 42.4 Å². The van der Waals surface area contributed by atoms with E-state index in [1.165, 1.54) is 0 Å². The molecular formula is C15H17NO2. The molecule has 2 rings (SSSR count). The Morgan fingerprint density at radius 2 is 2.00 bits per heavy atom. The van der Waals surface area contributed by atoms with Gasteiger partial charge in [0.2, 0.25) is 5.88 Å². The maximum Gasteiger partial charge on any atom is 0.219 e. The molecule has 0 aliphatic heterocycles. The SMILES string of the molecule is CC(C)c1ccccc1Oc1cc(CO)ccn1. The molecule has 0 aliphatic carbocycles. The Kier molecular flexibility index (Phi) is 3.95. The van der Waals surface area contributed by atoms with Crippen molar-refractivity contribution in [1.82, 2.24) is 4.98 Å². The van der Waals surface area contributed by atoms with E-state index in [0.717, 1.165) is 16.9 Å². The Bertz CT molecular complexity index is 523. The summed E-state index contributed by atoms with van der Waals surface area (Å²) in [4.78, 5) is 4.15. The fourth-order valence-electron chi connectivity index (χ4n) is 1.77. The summed E-state index contributed by atoms with van der Waals surface area (Å²) in [5.74, 6) is 1.71. The van der Waals surface area contributed by atoms with E-state index in [1.54, 1.807) is 18.3 Å². The number of pyridine rings is 1.